The van der Waals surface area contributed by atoms with Gasteiger partial charge in [-0.2, -0.15) is 8.42 Å². The smallest absolute Gasteiger partial charge is 0.389 e. The van der Waals surface area contributed by atoms with Crippen LogP contribution >= 0.6 is 0 Å². The van der Waals surface area contributed by atoms with Crippen LogP contribution < -0.4 is 11.5 Å². The Hall–Kier alpha value is -0.330. The zero-order valence-electron chi connectivity index (χ0n) is 8.21. The number of nitrogens with two attached hydrogens (primary N) is 2. The summed E-state index contributed by atoms with van der Waals surface area (Å²) in [5.41, 5.74) is 10.8. The molecule has 1 aliphatic carbocycles. The van der Waals surface area contributed by atoms with Gasteiger partial charge in [0.15, 0.2) is 0 Å². The first-order valence-electron chi connectivity index (χ1n) is 4.29. The highest BCUT2D eigenvalue weighted by Crippen LogP contribution is 2.17. The Balaban J connectivity index is 0.000000385. The van der Waals surface area contributed by atoms with Crippen LogP contribution in [0, 0.1) is 0 Å². The van der Waals surface area contributed by atoms with Crippen LogP contribution in [0.15, 0.2) is 0 Å². The number of aliphatic hydroxyl groups is 3. The number of hydrogen-bond donors (Lipinski definition) is 7. The summed E-state index contributed by atoms with van der Waals surface area (Å²) < 4.78 is 31.6. The highest BCUT2D eigenvalue weighted by atomic mass is 32.3. The number of aliphatic hydroxyl groups excluding tert-OH is 3. The van der Waals surface area contributed by atoms with Crippen molar-refractivity contribution in [3.05, 3.63) is 0 Å². The largest absolute Gasteiger partial charge is 0.394 e. The lowest BCUT2D eigenvalue weighted by molar-refractivity contribution is -0.100. The average Bonchev–Trinajstić information content (AvgIpc) is 2.09. The molecule has 98 valence electrons. The van der Waals surface area contributed by atoms with E-state index in [-0.39, 0.29) is 0 Å². The maximum Gasteiger partial charge on any atom is 0.394 e. The fourth-order valence-electron chi connectivity index (χ4n) is 1.30. The van der Waals surface area contributed by atoms with Gasteiger partial charge in [-0.3, -0.25) is 9.11 Å². The van der Waals surface area contributed by atoms with Crippen LogP contribution in [-0.4, -0.2) is 63.2 Å². The van der Waals surface area contributed by atoms with Gasteiger partial charge < -0.3 is 26.8 Å². The van der Waals surface area contributed by atoms with Crippen LogP contribution in [0.4, 0.5) is 0 Å². The molecule has 4 unspecified atom stereocenters. The van der Waals surface area contributed by atoms with Crippen molar-refractivity contribution in [3.63, 3.8) is 0 Å². The van der Waals surface area contributed by atoms with Gasteiger partial charge in [-0.1, -0.05) is 0 Å². The molecule has 0 radical (unpaired) electrons. The number of hydrogen-bond acceptors (Lipinski definition) is 7. The van der Waals surface area contributed by atoms with E-state index in [0.717, 1.165) is 0 Å². The summed E-state index contributed by atoms with van der Waals surface area (Å²) in [6, 6.07) is -1.08. The second-order valence-corrected chi connectivity index (χ2v) is 4.38. The summed E-state index contributed by atoms with van der Waals surface area (Å²) in [7, 11) is -4.67. The average molecular weight is 260 g/mol. The Bertz CT molecular complexity index is 286. The predicted octanol–water partition coefficient (Wildman–Crippen LogP) is -3.53. The number of rotatable bonds is 0. The minimum absolute atomic E-state index is 0.333. The molecule has 0 aromatic rings. The van der Waals surface area contributed by atoms with E-state index in [0.29, 0.717) is 6.42 Å². The molecular formula is C6H16N2O7S. The molecule has 0 spiro atoms. The summed E-state index contributed by atoms with van der Waals surface area (Å²) in [4.78, 5) is 0. The first-order valence-corrected chi connectivity index (χ1v) is 5.69. The van der Waals surface area contributed by atoms with Gasteiger partial charge in [0.1, 0.15) is 6.10 Å². The molecule has 0 aliphatic heterocycles. The highest BCUT2D eigenvalue weighted by Gasteiger charge is 2.39. The van der Waals surface area contributed by atoms with E-state index in [2.05, 4.69) is 0 Å². The minimum atomic E-state index is -4.67. The Morgan fingerprint density at radius 3 is 1.38 bits per heavy atom. The third-order valence-corrected chi connectivity index (χ3v) is 2.12. The quantitative estimate of drug-likeness (QED) is 0.216. The lowest BCUT2D eigenvalue weighted by atomic mass is 9.85. The molecule has 4 atom stereocenters. The Kier molecular flexibility index (Phi) is 5.72. The molecule has 9 N–H and O–H groups in total. The van der Waals surface area contributed by atoms with Crippen molar-refractivity contribution in [1.82, 2.24) is 0 Å². The van der Waals surface area contributed by atoms with E-state index in [1.54, 1.807) is 0 Å². The van der Waals surface area contributed by atoms with Crippen LogP contribution in [0.3, 0.4) is 0 Å². The SMILES string of the molecule is NC1CC(N)C(O)C(O)C1O.O=S(=O)(O)O. The van der Waals surface area contributed by atoms with E-state index in [9.17, 15) is 0 Å². The standard InChI is InChI=1S/C6H14N2O3.H2O4S/c7-2-1-3(8)5(10)6(11)4(2)9;1-5(2,3)4/h2-6,9-11H,1,7-8H2;(H2,1,2,3,4). The zero-order valence-corrected chi connectivity index (χ0v) is 9.03. The highest BCUT2D eigenvalue weighted by molar-refractivity contribution is 7.79. The van der Waals surface area contributed by atoms with E-state index in [1.165, 1.54) is 0 Å². The first-order chi connectivity index (χ1) is 7.04. The van der Waals surface area contributed by atoms with Gasteiger partial charge in [0, 0.05) is 12.1 Å². The topological polar surface area (TPSA) is 187 Å². The van der Waals surface area contributed by atoms with E-state index in [1.807, 2.05) is 0 Å². The lowest BCUT2D eigenvalue weighted by Gasteiger charge is -2.37. The molecule has 0 saturated heterocycles. The monoisotopic (exact) mass is 260 g/mol. The molecule has 0 amide bonds. The van der Waals surface area contributed by atoms with Crippen molar-refractivity contribution in [2.45, 2.75) is 36.8 Å². The van der Waals surface area contributed by atoms with Gasteiger partial charge in [0.2, 0.25) is 0 Å². The van der Waals surface area contributed by atoms with Gasteiger partial charge in [0.05, 0.1) is 12.2 Å². The molecule has 0 bridgehead atoms. The molecule has 1 saturated carbocycles. The van der Waals surface area contributed by atoms with Crippen LogP contribution in [-0.2, 0) is 10.4 Å². The van der Waals surface area contributed by atoms with Gasteiger partial charge in [-0.15, -0.1) is 0 Å². The van der Waals surface area contributed by atoms with Crippen molar-refractivity contribution in [2.75, 3.05) is 0 Å². The van der Waals surface area contributed by atoms with Crippen LogP contribution in [0.25, 0.3) is 0 Å². The van der Waals surface area contributed by atoms with Crippen LogP contribution in [0.2, 0.25) is 0 Å². The summed E-state index contributed by atoms with van der Waals surface area (Å²) in [5.74, 6) is 0. The normalized spacial score (nSPS) is 39.8. The zero-order chi connectivity index (χ0) is 13.1. The first kappa shape index (κ1) is 15.7. The second-order valence-electron chi connectivity index (χ2n) is 3.48. The van der Waals surface area contributed by atoms with Crippen molar-refractivity contribution >= 4 is 10.4 Å². The second kappa shape index (κ2) is 5.84. The third-order valence-electron chi connectivity index (χ3n) is 2.12. The fraction of sp³-hybridized carbons (Fsp3) is 1.00. The summed E-state index contributed by atoms with van der Waals surface area (Å²) in [6.07, 6.45) is -3.01. The summed E-state index contributed by atoms with van der Waals surface area (Å²) in [5, 5.41) is 27.4. The van der Waals surface area contributed by atoms with Crippen molar-refractivity contribution in [3.8, 4) is 0 Å². The predicted molar refractivity (Wildman–Crippen MR) is 52.8 cm³/mol. The van der Waals surface area contributed by atoms with Crippen molar-refractivity contribution in [1.29, 1.82) is 0 Å². The molecule has 0 aromatic heterocycles. The van der Waals surface area contributed by atoms with Crippen LogP contribution in [0.1, 0.15) is 6.42 Å². The Morgan fingerprint density at radius 1 is 0.875 bits per heavy atom. The molecule has 1 rings (SSSR count). The fourth-order valence-corrected chi connectivity index (χ4v) is 1.30. The van der Waals surface area contributed by atoms with E-state index < -0.39 is 40.8 Å². The molecule has 1 fully saturated rings. The van der Waals surface area contributed by atoms with Gasteiger partial charge in [-0.25, -0.2) is 0 Å². The lowest BCUT2D eigenvalue weighted by Crippen LogP contribution is -2.61. The van der Waals surface area contributed by atoms with Gasteiger partial charge >= 0.3 is 10.4 Å². The molecule has 0 aromatic carbocycles. The Labute approximate surface area is 92.3 Å². The molecular weight excluding hydrogens is 244 g/mol. The third kappa shape index (κ3) is 5.67. The minimum Gasteiger partial charge on any atom is -0.389 e. The van der Waals surface area contributed by atoms with E-state index in [4.69, 9.17) is 44.3 Å². The van der Waals surface area contributed by atoms with E-state index >= 15 is 0 Å². The summed E-state index contributed by atoms with van der Waals surface area (Å²) >= 11 is 0. The van der Waals surface area contributed by atoms with Gasteiger partial charge in [0.25, 0.3) is 0 Å². The summed E-state index contributed by atoms with van der Waals surface area (Å²) in [6.45, 7) is 0. The van der Waals surface area contributed by atoms with Crippen molar-refractivity contribution < 1.29 is 32.8 Å². The van der Waals surface area contributed by atoms with Crippen molar-refractivity contribution in [2.24, 2.45) is 11.5 Å². The Morgan fingerprint density at radius 2 is 1.12 bits per heavy atom. The molecule has 1 aliphatic rings. The van der Waals surface area contributed by atoms with Gasteiger partial charge in [-0.05, 0) is 6.42 Å². The van der Waals surface area contributed by atoms with Crippen LogP contribution in [0.5, 0.6) is 0 Å². The molecule has 10 heteroatoms. The molecule has 16 heavy (non-hydrogen) atoms. The maximum absolute atomic E-state index is 9.14. The maximum atomic E-state index is 9.14. The molecule has 0 heterocycles. The molecule has 9 nitrogen and oxygen atoms in total.